The molecule has 0 unspecified atom stereocenters. The SMILES string of the molecule is COc1cc(C)cc(C)c1CCN(C)C(C)(C)CO. The molecule has 1 rings (SSSR count). The quantitative estimate of drug-likeness (QED) is 0.858. The van der Waals surface area contributed by atoms with Gasteiger partial charge in [-0.1, -0.05) is 6.07 Å². The molecule has 1 aromatic carbocycles. The van der Waals surface area contributed by atoms with E-state index < -0.39 is 0 Å². The second-order valence-electron chi connectivity index (χ2n) is 5.90. The maximum Gasteiger partial charge on any atom is 0.122 e. The van der Waals surface area contributed by atoms with Crippen LogP contribution in [-0.4, -0.2) is 42.9 Å². The van der Waals surface area contributed by atoms with Crippen molar-refractivity contribution < 1.29 is 9.84 Å². The van der Waals surface area contributed by atoms with E-state index >= 15 is 0 Å². The number of aliphatic hydroxyl groups excluding tert-OH is 1. The van der Waals surface area contributed by atoms with E-state index in [1.807, 2.05) is 20.9 Å². The molecule has 0 aliphatic rings. The summed E-state index contributed by atoms with van der Waals surface area (Å²) in [4.78, 5) is 2.19. The van der Waals surface area contributed by atoms with Crippen LogP contribution in [-0.2, 0) is 6.42 Å². The second-order valence-corrected chi connectivity index (χ2v) is 5.90. The van der Waals surface area contributed by atoms with Gasteiger partial charge in [0.05, 0.1) is 13.7 Å². The molecule has 0 aromatic heterocycles. The van der Waals surface area contributed by atoms with Gasteiger partial charge in [0.1, 0.15) is 5.75 Å². The van der Waals surface area contributed by atoms with Gasteiger partial charge in [-0.3, -0.25) is 4.90 Å². The lowest BCUT2D eigenvalue weighted by Gasteiger charge is -2.34. The van der Waals surface area contributed by atoms with Gasteiger partial charge in [-0.2, -0.15) is 0 Å². The van der Waals surface area contributed by atoms with Gasteiger partial charge in [-0.25, -0.2) is 0 Å². The third-order valence-electron chi connectivity index (χ3n) is 3.91. The highest BCUT2D eigenvalue weighted by atomic mass is 16.5. The number of likely N-dealkylation sites (N-methyl/N-ethyl adjacent to an activating group) is 1. The summed E-state index contributed by atoms with van der Waals surface area (Å²) in [5, 5.41) is 9.39. The van der Waals surface area contributed by atoms with Crippen LogP contribution >= 0.6 is 0 Å². The normalized spacial score (nSPS) is 12.0. The Labute approximate surface area is 117 Å². The fraction of sp³-hybridized carbons (Fsp3) is 0.625. The van der Waals surface area contributed by atoms with Crippen molar-refractivity contribution in [2.24, 2.45) is 0 Å². The molecule has 1 aromatic rings. The highest BCUT2D eigenvalue weighted by Crippen LogP contribution is 2.25. The van der Waals surface area contributed by atoms with Crippen LogP contribution in [0.2, 0.25) is 0 Å². The van der Waals surface area contributed by atoms with Gasteiger partial charge in [0, 0.05) is 12.1 Å². The number of aryl methyl sites for hydroxylation is 2. The van der Waals surface area contributed by atoms with Gasteiger partial charge in [-0.15, -0.1) is 0 Å². The summed E-state index contributed by atoms with van der Waals surface area (Å²) in [6.45, 7) is 9.36. The number of rotatable bonds is 6. The molecular weight excluding hydrogens is 238 g/mol. The van der Waals surface area contributed by atoms with Crippen LogP contribution in [0.4, 0.5) is 0 Å². The molecule has 0 saturated heterocycles. The van der Waals surface area contributed by atoms with Gasteiger partial charge in [-0.05, 0) is 63.9 Å². The minimum absolute atomic E-state index is 0.160. The van der Waals surface area contributed by atoms with E-state index in [1.165, 1.54) is 16.7 Å². The Bertz CT molecular complexity index is 427. The summed E-state index contributed by atoms with van der Waals surface area (Å²) >= 11 is 0. The lowest BCUT2D eigenvalue weighted by molar-refractivity contribution is 0.0799. The topological polar surface area (TPSA) is 32.7 Å². The van der Waals surface area contributed by atoms with E-state index in [4.69, 9.17) is 4.74 Å². The van der Waals surface area contributed by atoms with Gasteiger partial charge in [0.25, 0.3) is 0 Å². The largest absolute Gasteiger partial charge is 0.496 e. The molecule has 0 atom stereocenters. The van der Waals surface area contributed by atoms with E-state index in [-0.39, 0.29) is 12.1 Å². The number of benzene rings is 1. The Morgan fingerprint density at radius 1 is 1.26 bits per heavy atom. The fourth-order valence-corrected chi connectivity index (χ4v) is 2.16. The van der Waals surface area contributed by atoms with Crippen LogP contribution in [0.1, 0.15) is 30.5 Å². The number of aliphatic hydroxyl groups is 1. The standard InChI is InChI=1S/C16H27NO2/c1-12-9-13(2)14(15(10-12)19-6)7-8-17(5)16(3,4)11-18/h9-10,18H,7-8,11H2,1-6H3. The second kappa shape index (κ2) is 6.40. The first-order valence-electron chi connectivity index (χ1n) is 6.78. The molecule has 0 saturated carbocycles. The highest BCUT2D eigenvalue weighted by Gasteiger charge is 2.22. The zero-order valence-electron chi connectivity index (χ0n) is 13.1. The summed E-state index contributed by atoms with van der Waals surface area (Å²) in [5.41, 5.74) is 3.56. The molecular formula is C16H27NO2. The van der Waals surface area contributed by atoms with Crippen LogP contribution < -0.4 is 4.74 Å². The van der Waals surface area contributed by atoms with Crippen molar-refractivity contribution in [3.05, 3.63) is 28.8 Å². The summed E-state index contributed by atoms with van der Waals surface area (Å²) in [5.74, 6) is 0.965. The van der Waals surface area contributed by atoms with E-state index in [9.17, 15) is 5.11 Å². The average Bonchev–Trinajstić information content (AvgIpc) is 2.36. The Balaban J connectivity index is 2.83. The van der Waals surface area contributed by atoms with Crippen LogP contribution in [0, 0.1) is 13.8 Å². The highest BCUT2D eigenvalue weighted by molar-refractivity contribution is 5.43. The van der Waals surface area contributed by atoms with Crippen molar-refractivity contribution in [3.63, 3.8) is 0 Å². The molecule has 3 nitrogen and oxygen atoms in total. The van der Waals surface area contributed by atoms with Crippen molar-refractivity contribution in [2.45, 2.75) is 39.7 Å². The summed E-state index contributed by atoms with van der Waals surface area (Å²) in [6.07, 6.45) is 0.926. The summed E-state index contributed by atoms with van der Waals surface area (Å²) in [7, 11) is 3.77. The first-order valence-corrected chi connectivity index (χ1v) is 6.78. The molecule has 0 aliphatic heterocycles. The minimum atomic E-state index is -0.189. The van der Waals surface area contributed by atoms with Crippen LogP contribution in [0.25, 0.3) is 0 Å². The number of hydrogen-bond acceptors (Lipinski definition) is 3. The lowest BCUT2D eigenvalue weighted by Crippen LogP contribution is -2.45. The van der Waals surface area contributed by atoms with Gasteiger partial charge in [0.15, 0.2) is 0 Å². The van der Waals surface area contributed by atoms with E-state index in [0.717, 1.165) is 18.7 Å². The van der Waals surface area contributed by atoms with Crippen molar-refractivity contribution in [1.29, 1.82) is 0 Å². The monoisotopic (exact) mass is 265 g/mol. The van der Waals surface area contributed by atoms with Crippen molar-refractivity contribution in [3.8, 4) is 5.75 Å². The van der Waals surface area contributed by atoms with Crippen LogP contribution in [0.15, 0.2) is 12.1 Å². The molecule has 3 heteroatoms. The molecule has 0 radical (unpaired) electrons. The van der Waals surface area contributed by atoms with E-state index in [1.54, 1.807) is 7.11 Å². The zero-order valence-corrected chi connectivity index (χ0v) is 13.1. The maximum atomic E-state index is 9.39. The number of nitrogens with zero attached hydrogens (tertiary/aromatic N) is 1. The number of hydrogen-bond donors (Lipinski definition) is 1. The fourth-order valence-electron chi connectivity index (χ4n) is 2.16. The summed E-state index contributed by atoms with van der Waals surface area (Å²) in [6, 6.07) is 4.27. The van der Waals surface area contributed by atoms with E-state index in [0.29, 0.717) is 0 Å². The van der Waals surface area contributed by atoms with Crippen LogP contribution in [0.3, 0.4) is 0 Å². The lowest BCUT2D eigenvalue weighted by atomic mass is 9.99. The van der Waals surface area contributed by atoms with Gasteiger partial charge >= 0.3 is 0 Å². The van der Waals surface area contributed by atoms with Crippen molar-refractivity contribution in [1.82, 2.24) is 4.90 Å². The Kier molecular flexibility index (Phi) is 5.39. The smallest absolute Gasteiger partial charge is 0.122 e. The van der Waals surface area contributed by atoms with Crippen LogP contribution in [0.5, 0.6) is 5.75 Å². The van der Waals surface area contributed by atoms with Gasteiger partial charge < -0.3 is 9.84 Å². The first kappa shape index (κ1) is 16.0. The maximum absolute atomic E-state index is 9.39. The Morgan fingerprint density at radius 2 is 1.89 bits per heavy atom. The summed E-state index contributed by atoms with van der Waals surface area (Å²) < 4.78 is 5.48. The average molecular weight is 265 g/mol. The minimum Gasteiger partial charge on any atom is -0.496 e. The molecule has 108 valence electrons. The Hall–Kier alpha value is -1.06. The molecule has 0 fully saturated rings. The van der Waals surface area contributed by atoms with Crippen molar-refractivity contribution >= 4 is 0 Å². The zero-order chi connectivity index (χ0) is 14.6. The molecule has 1 N–H and O–H groups in total. The third-order valence-corrected chi connectivity index (χ3v) is 3.91. The third kappa shape index (κ3) is 3.95. The first-order chi connectivity index (χ1) is 8.81. The predicted molar refractivity (Wildman–Crippen MR) is 80.0 cm³/mol. The molecule has 0 bridgehead atoms. The van der Waals surface area contributed by atoms with Crippen molar-refractivity contribution in [2.75, 3.05) is 27.3 Å². The predicted octanol–water partition coefficient (Wildman–Crippen LogP) is 2.56. The number of methoxy groups -OCH3 is 1. The molecule has 0 spiro atoms. The van der Waals surface area contributed by atoms with Gasteiger partial charge in [0.2, 0.25) is 0 Å². The molecule has 0 amide bonds. The molecule has 0 aliphatic carbocycles. The molecule has 0 heterocycles. The number of ether oxygens (including phenoxy) is 1. The Morgan fingerprint density at radius 3 is 2.42 bits per heavy atom. The van der Waals surface area contributed by atoms with E-state index in [2.05, 4.69) is 30.9 Å². The molecule has 19 heavy (non-hydrogen) atoms.